The molecule has 0 fully saturated rings. The fourth-order valence-electron chi connectivity index (χ4n) is 1.72. The Hall–Kier alpha value is -1.36. The molecule has 1 N–H and O–H groups in total. The van der Waals surface area contributed by atoms with Gasteiger partial charge in [-0.3, -0.25) is 4.79 Å². The fourth-order valence-corrected chi connectivity index (χ4v) is 1.72. The molecule has 0 aliphatic carbocycles. The molecule has 1 rings (SSSR count). The Morgan fingerprint density at radius 1 is 1.21 bits per heavy atom. The Morgan fingerprint density at radius 3 is 2.21 bits per heavy atom. The highest BCUT2D eigenvalue weighted by atomic mass is 19.4. The van der Waals surface area contributed by atoms with Crippen LogP contribution in [0.5, 0.6) is 0 Å². The Morgan fingerprint density at radius 2 is 1.74 bits per heavy atom. The van der Waals surface area contributed by atoms with E-state index in [1.165, 1.54) is 18.2 Å². The molecule has 0 spiro atoms. The molecule has 0 saturated carbocycles. The van der Waals surface area contributed by atoms with Crippen molar-refractivity contribution < 1.29 is 23.1 Å². The van der Waals surface area contributed by atoms with Gasteiger partial charge in [0.05, 0.1) is 5.56 Å². The molecule has 1 aromatic rings. The predicted octanol–water partition coefficient (Wildman–Crippen LogP) is 3.22. The molecule has 1 aromatic carbocycles. The van der Waals surface area contributed by atoms with Crippen LogP contribution < -0.4 is 0 Å². The summed E-state index contributed by atoms with van der Waals surface area (Å²) < 4.78 is 38.3. The Bertz CT molecular complexity index is 458. The highest BCUT2D eigenvalue weighted by Crippen LogP contribution is 2.32. The van der Waals surface area contributed by atoms with Gasteiger partial charge >= 0.3 is 6.18 Å². The van der Waals surface area contributed by atoms with Crippen molar-refractivity contribution in [2.45, 2.75) is 39.5 Å². The molecule has 0 bridgehead atoms. The maximum absolute atomic E-state index is 12.8. The van der Waals surface area contributed by atoms with Crippen LogP contribution in [0.25, 0.3) is 0 Å². The number of ketones is 1. The van der Waals surface area contributed by atoms with E-state index in [4.69, 9.17) is 0 Å². The van der Waals surface area contributed by atoms with Gasteiger partial charge in [0.1, 0.15) is 6.10 Å². The lowest BCUT2D eigenvalue weighted by Gasteiger charge is -2.25. The second-order valence-corrected chi connectivity index (χ2v) is 5.57. The number of alkyl halides is 3. The molecule has 0 aromatic heterocycles. The Balaban J connectivity index is 2.99. The van der Waals surface area contributed by atoms with Gasteiger partial charge in [-0.2, -0.15) is 13.2 Å². The zero-order valence-electron chi connectivity index (χ0n) is 11.1. The summed E-state index contributed by atoms with van der Waals surface area (Å²) in [7, 11) is 0. The average Bonchev–Trinajstić information content (AvgIpc) is 2.26. The lowest BCUT2D eigenvalue weighted by molar-refractivity contribution is -0.138. The number of rotatable bonds is 3. The van der Waals surface area contributed by atoms with Crippen molar-refractivity contribution >= 4 is 5.78 Å². The maximum atomic E-state index is 12.8. The molecule has 0 amide bonds. The largest absolute Gasteiger partial charge is 0.416 e. The third-order valence-electron chi connectivity index (χ3n) is 2.81. The van der Waals surface area contributed by atoms with Crippen LogP contribution in [0.4, 0.5) is 13.2 Å². The van der Waals surface area contributed by atoms with Crippen LogP contribution in [0.3, 0.4) is 0 Å². The van der Waals surface area contributed by atoms with E-state index < -0.39 is 35.5 Å². The third-order valence-corrected chi connectivity index (χ3v) is 2.81. The minimum Gasteiger partial charge on any atom is -0.385 e. The van der Waals surface area contributed by atoms with Crippen LogP contribution >= 0.6 is 0 Å². The first-order valence-corrected chi connectivity index (χ1v) is 5.89. The van der Waals surface area contributed by atoms with Crippen molar-refractivity contribution in [3.63, 3.8) is 0 Å². The van der Waals surface area contributed by atoms with E-state index in [-0.39, 0.29) is 5.56 Å². The zero-order chi connectivity index (χ0) is 14.8. The summed E-state index contributed by atoms with van der Waals surface area (Å²) in [6, 6.07) is 4.92. The van der Waals surface area contributed by atoms with E-state index in [1.807, 2.05) is 0 Å². The summed E-state index contributed by atoms with van der Waals surface area (Å²) >= 11 is 0. The average molecular weight is 274 g/mol. The molecule has 0 aliphatic rings. The first-order chi connectivity index (χ1) is 8.53. The number of hydrogen-bond donors (Lipinski definition) is 1. The summed E-state index contributed by atoms with van der Waals surface area (Å²) in [4.78, 5) is 11.8. The van der Waals surface area contributed by atoms with Crippen LogP contribution in [0, 0.1) is 5.41 Å². The number of benzene rings is 1. The monoisotopic (exact) mass is 274 g/mol. The smallest absolute Gasteiger partial charge is 0.385 e. The van der Waals surface area contributed by atoms with Gasteiger partial charge < -0.3 is 5.11 Å². The number of aliphatic hydroxyl groups is 1. The zero-order valence-corrected chi connectivity index (χ0v) is 11.1. The quantitative estimate of drug-likeness (QED) is 0.918. The molecular weight excluding hydrogens is 257 g/mol. The number of aliphatic hydroxyl groups excluding tert-OH is 1. The molecular formula is C14H17F3O2. The Labute approximate surface area is 110 Å². The van der Waals surface area contributed by atoms with Crippen LogP contribution in [0.1, 0.15) is 31.9 Å². The van der Waals surface area contributed by atoms with Crippen molar-refractivity contribution in [3.8, 4) is 0 Å². The van der Waals surface area contributed by atoms with Crippen molar-refractivity contribution in [1.29, 1.82) is 0 Å². The third kappa shape index (κ3) is 4.06. The van der Waals surface area contributed by atoms with Gasteiger partial charge in [-0.05, 0) is 17.0 Å². The summed E-state index contributed by atoms with van der Waals surface area (Å²) in [5, 5.41) is 9.78. The summed E-state index contributed by atoms with van der Waals surface area (Å²) in [6.07, 6.45) is -6.20. The minimum atomic E-state index is -4.50. The number of carbonyl (C=O) groups excluding carboxylic acids is 1. The second-order valence-electron chi connectivity index (χ2n) is 5.57. The fraction of sp³-hybridized carbons (Fsp3) is 0.500. The second kappa shape index (κ2) is 5.33. The van der Waals surface area contributed by atoms with Crippen molar-refractivity contribution in [2.75, 3.05) is 0 Å². The van der Waals surface area contributed by atoms with Gasteiger partial charge in [0.15, 0.2) is 5.78 Å². The number of halogens is 3. The SMILES string of the molecule is CC(C)(C)C(O)C(=O)Cc1ccccc1C(F)(F)F. The molecule has 19 heavy (non-hydrogen) atoms. The van der Waals surface area contributed by atoms with E-state index in [0.717, 1.165) is 6.07 Å². The van der Waals surface area contributed by atoms with Crippen LogP contribution in [0.2, 0.25) is 0 Å². The standard InChI is InChI=1S/C14H17F3O2/c1-13(2,3)12(19)11(18)8-9-6-4-5-7-10(9)14(15,16)17/h4-7,12,19H,8H2,1-3H3. The molecule has 1 unspecified atom stereocenters. The first kappa shape index (κ1) is 15.7. The van der Waals surface area contributed by atoms with Crippen molar-refractivity contribution in [1.82, 2.24) is 0 Å². The van der Waals surface area contributed by atoms with Crippen molar-refractivity contribution in [2.24, 2.45) is 5.41 Å². The van der Waals surface area contributed by atoms with Crippen LogP contribution in [-0.4, -0.2) is 17.0 Å². The highest BCUT2D eigenvalue weighted by Gasteiger charge is 2.35. The molecule has 0 saturated heterocycles. The molecule has 5 heteroatoms. The molecule has 0 heterocycles. The van der Waals surface area contributed by atoms with E-state index in [9.17, 15) is 23.1 Å². The highest BCUT2D eigenvalue weighted by molar-refractivity contribution is 5.86. The normalized spacial score (nSPS) is 14.3. The number of hydrogen-bond acceptors (Lipinski definition) is 2. The first-order valence-electron chi connectivity index (χ1n) is 5.89. The lowest BCUT2D eigenvalue weighted by atomic mass is 9.84. The van der Waals surface area contributed by atoms with Gasteiger partial charge in [-0.25, -0.2) is 0 Å². The van der Waals surface area contributed by atoms with E-state index >= 15 is 0 Å². The lowest BCUT2D eigenvalue weighted by Crippen LogP contribution is -2.35. The van der Waals surface area contributed by atoms with Gasteiger partial charge in [0.25, 0.3) is 0 Å². The topological polar surface area (TPSA) is 37.3 Å². The summed E-state index contributed by atoms with van der Waals surface area (Å²) in [6.45, 7) is 4.97. The predicted molar refractivity (Wildman–Crippen MR) is 65.6 cm³/mol. The van der Waals surface area contributed by atoms with E-state index in [1.54, 1.807) is 20.8 Å². The van der Waals surface area contributed by atoms with Crippen LogP contribution in [0.15, 0.2) is 24.3 Å². The van der Waals surface area contributed by atoms with Gasteiger partial charge in [0, 0.05) is 6.42 Å². The van der Waals surface area contributed by atoms with Gasteiger partial charge in [0.2, 0.25) is 0 Å². The minimum absolute atomic E-state index is 0.108. The Kier molecular flexibility index (Phi) is 4.40. The molecule has 0 radical (unpaired) electrons. The van der Waals surface area contributed by atoms with E-state index in [2.05, 4.69) is 0 Å². The van der Waals surface area contributed by atoms with Gasteiger partial charge in [-0.15, -0.1) is 0 Å². The maximum Gasteiger partial charge on any atom is 0.416 e. The van der Waals surface area contributed by atoms with E-state index in [0.29, 0.717) is 0 Å². The summed E-state index contributed by atoms with van der Waals surface area (Å²) in [5.41, 5.74) is -1.63. The number of carbonyl (C=O) groups is 1. The summed E-state index contributed by atoms with van der Waals surface area (Å²) in [5.74, 6) is -0.607. The number of Topliss-reactive ketones (excluding diaryl/α,β-unsaturated/α-hetero) is 1. The van der Waals surface area contributed by atoms with Crippen molar-refractivity contribution in [3.05, 3.63) is 35.4 Å². The molecule has 1 atom stereocenters. The van der Waals surface area contributed by atoms with Crippen LogP contribution in [-0.2, 0) is 17.4 Å². The molecule has 106 valence electrons. The van der Waals surface area contributed by atoms with Gasteiger partial charge in [-0.1, -0.05) is 39.0 Å². The molecule has 0 aliphatic heterocycles. The molecule has 2 nitrogen and oxygen atoms in total.